The van der Waals surface area contributed by atoms with Crippen molar-refractivity contribution in [3.05, 3.63) is 48.2 Å². The Morgan fingerprint density at radius 1 is 1.15 bits per heavy atom. The van der Waals surface area contributed by atoms with Crippen LogP contribution in [0, 0.1) is 0 Å². The van der Waals surface area contributed by atoms with Crippen molar-refractivity contribution < 1.29 is 4.42 Å². The molecule has 0 bridgehead atoms. The van der Waals surface area contributed by atoms with E-state index < -0.39 is 0 Å². The monoisotopic (exact) mass is 285 g/mol. The zero-order chi connectivity index (χ0) is 13.9. The topological polar surface area (TPSA) is 41.3 Å². The SMILES string of the molecule is CN(C)c1ccc(Nc2nc(-c3ccoc3)cs2)cc1. The fourth-order valence-electron chi connectivity index (χ4n) is 1.84. The van der Waals surface area contributed by atoms with Crippen molar-refractivity contribution in [3.63, 3.8) is 0 Å². The molecule has 0 spiro atoms. The molecule has 2 heterocycles. The average Bonchev–Trinajstić information content (AvgIpc) is 3.09. The summed E-state index contributed by atoms with van der Waals surface area (Å²) >= 11 is 1.58. The molecule has 0 aliphatic heterocycles. The average molecular weight is 285 g/mol. The van der Waals surface area contributed by atoms with E-state index in [-0.39, 0.29) is 0 Å². The third kappa shape index (κ3) is 2.67. The van der Waals surface area contributed by atoms with Gasteiger partial charge in [-0.2, -0.15) is 0 Å². The molecule has 3 aromatic rings. The molecule has 2 aromatic heterocycles. The lowest BCUT2D eigenvalue weighted by Crippen LogP contribution is -2.08. The third-order valence-corrected chi connectivity index (χ3v) is 3.71. The Bertz CT molecular complexity index is 671. The quantitative estimate of drug-likeness (QED) is 0.779. The second-order valence-electron chi connectivity index (χ2n) is 4.62. The van der Waals surface area contributed by atoms with Gasteiger partial charge >= 0.3 is 0 Å². The minimum atomic E-state index is 0.874. The molecular formula is C15H15N3OS. The van der Waals surface area contributed by atoms with Gasteiger partial charge in [-0.05, 0) is 30.3 Å². The lowest BCUT2D eigenvalue weighted by Gasteiger charge is -2.12. The molecule has 0 aliphatic carbocycles. The first-order chi connectivity index (χ1) is 9.72. The van der Waals surface area contributed by atoms with Crippen LogP contribution < -0.4 is 10.2 Å². The molecule has 0 saturated heterocycles. The van der Waals surface area contributed by atoms with Gasteiger partial charge in [0.2, 0.25) is 0 Å². The number of nitrogens with zero attached hydrogens (tertiary/aromatic N) is 2. The summed E-state index contributed by atoms with van der Waals surface area (Å²) in [6, 6.07) is 10.2. The summed E-state index contributed by atoms with van der Waals surface area (Å²) < 4.78 is 5.07. The van der Waals surface area contributed by atoms with Crippen molar-refractivity contribution in [2.75, 3.05) is 24.3 Å². The molecule has 1 aromatic carbocycles. The Labute approximate surface area is 121 Å². The van der Waals surface area contributed by atoms with Crippen LogP contribution in [0.4, 0.5) is 16.5 Å². The number of aromatic nitrogens is 1. The van der Waals surface area contributed by atoms with Crippen LogP contribution in [0.3, 0.4) is 0 Å². The molecule has 0 amide bonds. The number of thiazole rings is 1. The van der Waals surface area contributed by atoms with E-state index in [1.54, 1.807) is 23.9 Å². The Morgan fingerprint density at radius 3 is 2.60 bits per heavy atom. The summed E-state index contributed by atoms with van der Waals surface area (Å²) in [6.07, 6.45) is 3.35. The second-order valence-corrected chi connectivity index (χ2v) is 5.47. The fourth-order valence-corrected chi connectivity index (χ4v) is 2.58. The van der Waals surface area contributed by atoms with Crippen molar-refractivity contribution in [1.82, 2.24) is 4.98 Å². The van der Waals surface area contributed by atoms with E-state index in [9.17, 15) is 0 Å². The molecule has 0 atom stereocenters. The van der Waals surface area contributed by atoms with Crippen molar-refractivity contribution in [2.45, 2.75) is 0 Å². The summed E-state index contributed by atoms with van der Waals surface area (Å²) in [6.45, 7) is 0. The normalized spacial score (nSPS) is 10.5. The molecule has 4 nitrogen and oxygen atoms in total. The maximum absolute atomic E-state index is 5.07. The fraction of sp³-hybridized carbons (Fsp3) is 0.133. The van der Waals surface area contributed by atoms with Gasteiger partial charge in [0.25, 0.3) is 0 Å². The van der Waals surface area contributed by atoms with Crippen LogP contribution in [0.1, 0.15) is 0 Å². The number of nitrogens with one attached hydrogen (secondary N) is 1. The summed E-state index contributed by atoms with van der Waals surface area (Å²) in [5.41, 5.74) is 4.13. The zero-order valence-corrected chi connectivity index (χ0v) is 12.1. The number of hydrogen-bond donors (Lipinski definition) is 1. The maximum Gasteiger partial charge on any atom is 0.187 e. The van der Waals surface area contributed by atoms with Crippen molar-refractivity contribution >= 4 is 27.8 Å². The first-order valence-electron chi connectivity index (χ1n) is 6.25. The van der Waals surface area contributed by atoms with E-state index in [1.165, 1.54) is 5.69 Å². The zero-order valence-electron chi connectivity index (χ0n) is 11.3. The van der Waals surface area contributed by atoms with Crippen LogP contribution >= 0.6 is 11.3 Å². The predicted molar refractivity (Wildman–Crippen MR) is 83.9 cm³/mol. The number of benzene rings is 1. The van der Waals surface area contributed by atoms with Gasteiger partial charge in [-0.1, -0.05) is 0 Å². The van der Waals surface area contributed by atoms with Crippen molar-refractivity contribution in [3.8, 4) is 11.3 Å². The highest BCUT2D eigenvalue weighted by molar-refractivity contribution is 7.14. The second kappa shape index (κ2) is 5.38. The van der Waals surface area contributed by atoms with E-state index in [0.29, 0.717) is 0 Å². The summed E-state index contributed by atoms with van der Waals surface area (Å²) in [7, 11) is 4.06. The molecule has 0 radical (unpaired) electrons. The highest BCUT2D eigenvalue weighted by Crippen LogP contribution is 2.27. The first kappa shape index (κ1) is 12.7. The van der Waals surface area contributed by atoms with E-state index in [4.69, 9.17) is 4.42 Å². The minimum absolute atomic E-state index is 0.874. The molecular weight excluding hydrogens is 270 g/mol. The summed E-state index contributed by atoms with van der Waals surface area (Å²) in [4.78, 5) is 6.62. The largest absolute Gasteiger partial charge is 0.472 e. The van der Waals surface area contributed by atoms with Gasteiger partial charge in [0.15, 0.2) is 5.13 Å². The number of rotatable bonds is 4. The van der Waals surface area contributed by atoms with E-state index >= 15 is 0 Å². The predicted octanol–water partition coefficient (Wildman–Crippen LogP) is 4.21. The van der Waals surface area contributed by atoms with Gasteiger partial charge in [0.05, 0.1) is 18.2 Å². The Morgan fingerprint density at radius 2 is 1.95 bits per heavy atom. The number of anilines is 3. The highest BCUT2D eigenvalue weighted by atomic mass is 32.1. The third-order valence-electron chi connectivity index (χ3n) is 2.96. The van der Waals surface area contributed by atoms with Crippen LogP contribution in [-0.2, 0) is 0 Å². The molecule has 1 N–H and O–H groups in total. The molecule has 0 aliphatic rings. The van der Waals surface area contributed by atoms with Crippen LogP contribution in [0.2, 0.25) is 0 Å². The molecule has 102 valence electrons. The van der Waals surface area contributed by atoms with Crippen LogP contribution in [-0.4, -0.2) is 19.1 Å². The summed E-state index contributed by atoms with van der Waals surface area (Å²) in [5, 5.41) is 6.20. The van der Waals surface area contributed by atoms with Crippen LogP contribution in [0.25, 0.3) is 11.3 Å². The number of hydrogen-bond acceptors (Lipinski definition) is 5. The first-order valence-corrected chi connectivity index (χ1v) is 7.13. The van der Waals surface area contributed by atoms with Gasteiger partial charge in [0, 0.05) is 36.4 Å². The van der Waals surface area contributed by atoms with Gasteiger partial charge in [0.1, 0.15) is 0 Å². The van der Waals surface area contributed by atoms with Gasteiger partial charge < -0.3 is 14.6 Å². The highest BCUT2D eigenvalue weighted by Gasteiger charge is 2.06. The van der Waals surface area contributed by atoms with Crippen LogP contribution in [0.5, 0.6) is 0 Å². The standard InChI is InChI=1S/C15H15N3OS/c1-18(2)13-5-3-12(4-6-13)16-15-17-14(10-20-15)11-7-8-19-9-11/h3-10H,1-2H3,(H,16,17). The summed E-state index contributed by atoms with van der Waals surface area (Å²) in [5.74, 6) is 0. The Balaban J connectivity index is 1.75. The lowest BCUT2D eigenvalue weighted by molar-refractivity contribution is 0.568. The van der Waals surface area contributed by atoms with E-state index in [1.807, 2.05) is 37.7 Å². The molecule has 0 unspecified atom stereocenters. The van der Waals surface area contributed by atoms with Crippen LogP contribution in [0.15, 0.2) is 52.7 Å². The van der Waals surface area contributed by atoms with Gasteiger partial charge in [-0.25, -0.2) is 4.98 Å². The minimum Gasteiger partial charge on any atom is -0.472 e. The van der Waals surface area contributed by atoms with Crippen molar-refractivity contribution in [1.29, 1.82) is 0 Å². The molecule has 0 saturated carbocycles. The maximum atomic E-state index is 5.07. The van der Waals surface area contributed by atoms with E-state index in [2.05, 4.69) is 27.3 Å². The molecule has 20 heavy (non-hydrogen) atoms. The molecule has 5 heteroatoms. The smallest absolute Gasteiger partial charge is 0.187 e. The van der Waals surface area contributed by atoms with Gasteiger partial charge in [-0.15, -0.1) is 11.3 Å². The van der Waals surface area contributed by atoms with Gasteiger partial charge in [-0.3, -0.25) is 0 Å². The lowest BCUT2D eigenvalue weighted by atomic mass is 10.2. The van der Waals surface area contributed by atoms with E-state index in [0.717, 1.165) is 22.1 Å². The Hall–Kier alpha value is -2.27. The molecule has 3 rings (SSSR count). The Kier molecular flexibility index (Phi) is 3.43. The molecule has 0 fully saturated rings. The van der Waals surface area contributed by atoms with Crippen molar-refractivity contribution in [2.24, 2.45) is 0 Å². The number of furan rings is 1.